The lowest BCUT2D eigenvalue weighted by Crippen LogP contribution is -2.36. The fourth-order valence-corrected chi connectivity index (χ4v) is 5.65. The first-order chi connectivity index (χ1) is 19.9. The smallest absolute Gasteiger partial charge is 0.337 e. The largest absolute Gasteiger partial charge is 0.497 e. The molecule has 212 valence electrons. The zero-order chi connectivity index (χ0) is 28.9. The predicted octanol–water partition coefficient (Wildman–Crippen LogP) is 6.98. The standard InChI is InChI=1S/C35H37NO5/c1-5-22(2)41-35(38)32-23(3)36-29-19-26(25-15-17-27(39-4)18-16-25)20-30(37)34(29)33(32)28-13-9-10-14-31(28)40-21-24-11-7-6-8-12-24/h6-18,22,26,33,36H,5,19-21H2,1-4H3/t22-,26-,33-/m0/s1. The van der Waals surface area contributed by atoms with Gasteiger partial charge in [0.25, 0.3) is 0 Å². The molecule has 0 unspecified atom stereocenters. The molecule has 0 fully saturated rings. The van der Waals surface area contributed by atoms with Gasteiger partial charge in [-0.25, -0.2) is 4.79 Å². The van der Waals surface area contributed by atoms with Crippen molar-refractivity contribution in [3.05, 3.63) is 118 Å². The van der Waals surface area contributed by atoms with Crippen LogP contribution in [-0.4, -0.2) is 25.0 Å². The number of hydrogen-bond donors (Lipinski definition) is 1. The van der Waals surface area contributed by atoms with E-state index in [4.69, 9.17) is 14.2 Å². The number of carbonyl (C=O) groups excluding carboxylic acids is 2. The number of nitrogens with one attached hydrogen (secondary N) is 1. The number of benzene rings is 3. The number of Topliss-reactive ketones (excluding diaryl/α,β-unsaturated/α-hetero) is 1. The molecule has 2 aliphatic rings. The average Bonchev–Trinajstić information content (AvgIpc) is 2.99. The molecule has 0 radical (unpaired) electrons. The van der Waals surface area contributed by atoms with Gasteiger partial charge in [-0.05, 0) is 61.9 Å². The van der Waals surface area contributed by atoms with Gasteiger partial charge in [0.2, 0.25) is 0 Å². The van der Waals surface area contributed by atoms with E-state index in [2.05, 4.69) is 5.32 Å². The van der Waals surface area contributed by atoms with Crippen molar-refractivity contribution in [1.29, 1.82) is 0 Å². The fraction of sp³-hybridized carbons (Fsp3) is 0.314. The molecule has 0 bridgehead atoms. The Morgan fingerprint density at radius 2 is 1.68 bits per heavy atom. The van der Waals surface area contributed by atoms with Crippen LogP contribution >= 0.6 is 0 Å². The molecule has 1 aliphatic heterocycles. The number of esters is 1. The Labute approximate surface area is 242 Å². The molecule has 0 spiro atoms. The van der Waals surface area contributed by atoms with Crippen molar-refractivity contribution in [2.45, 2.75) is 64.6 Å². The van der Waals surface area contributed by atoms with Crippen molar-refractivity contribution in [3.8, 4) is 11.5 Å². The van der Waals surface area contributed by atoms with Crippen LogP contribution in [-0.2, 0) is 20.9 Å². The molecule has 5 rings (SSSR count). The predicted molar refractivity (Wildman–Crippen MR) is 159 cm³/mol. The Kier molecular flexibility index (Phi) is 8.58. The van der Waals surface area contributed by atoms with Crippen LogP contribution in [0.1, 0.15) is 68.6 Å². The second-order valence-electron chi connectivity index (χ2n) is 10.7. The average molecular weight is 552 g/mol. The van der Waals surface area contributed by atoms with Gasteiger partial charge in [0.05, 0.1) is 24.7 Å². The number of allylic oxidation sites excluding steroid dienone is 3. The number of hydrogen-bond acceptors (Lipinski definition) is 6. The summed E-state index contributed by atoms with van der Waals surface area (Å²) < 4.78 is 17.5. The van der Waals surface area contributed by atoms with Gasteiger partial charge in [-0.1, -0.05) is 67.6 Å². The van der Waals surface area contributed by atoms with Crippen molar-refractivity contribution in [1.82, 2.24) is 5.32 Å². The maximum Gasteiger partial charge on any atom is 0.337 e. The Balaban J connectivity index is 1.56. The normalized spacial score (nSPS) is 19.3. The minimum Gasteiger partial charge on any atom is -0.497 e. The number of rotatable bonds is 9. The van der Waals surface area contributed by atoms with Crippen molar-refractivity contribution in [2.75, 3.05) is 7.11 Å². The first-order valence-electron chi connectivity index (χ1n) is 14.2. The second kappa shape index (κ2) is 12.5. The maximum absolute atomic E-state index is 14.0. The molecule has 0 amide bonds. The van der Waals surface area contributed by atoms with Crippen molar-refractivity contribution >= 4 is 11.8 Å². The highest BCUT2D eigenvalue weighted by Crippen LogP contribution is 2.48. The summed E-state index contributed by atoms with van der Waals surface area (Å²) in [5, 5.41) is 3.44. The van der Waals surface area contributed by atoms with Gasteiger partial charge in [-0.3, -0.25) is 4.79 Å². The van der Waals surface area contributed by atoms with Gasteiger partial charge in [0, 0.05) is 29.0 Å². The molecular formula is C35H37NO5. The zero-order valence-electron chi connectivity index (χ0n) is 24.1. The molecule has 3 aromatic carbocycles. The van der Waals surface area contributed by atoms with Gasteiger partial charge >= 0.3 is 5.97 Å². The minimum absolute atomic E-state index is 0.0174. The monoisotopic (exact) mass is 551 g/mol. The van der Waals surface area contributed by atoms with E-state index in [-0.39, 0.29) is 17.8 Å². The number of para-hydroxylation sites is 1. The number of dihydropyridines is 1. The third-order valence-electron chi connectivity index (χ3n) is 7.99. The highest BCUT2D eigenvalue weighted by atomic mass is 16.5. The number of ether oxygens (including phenoxy) is 3. The van der Waals surface area contributed by atoms with E-state index in [1.807, 2.05) is 99.6 Å². The van der Waals surface area contributed by atoms with E-state index in [1.54, 1.807) is 7.11 Å². The lowest BCUT2D eigenvalue weighted by Gasteiger charge is -2.37. The summed E-state index contributed by atoms with van der Waals surface area (Å²) in [7, 11) is 1.64. The first kappa shape index (κ1) is 28.2. The summed E-state index contributed by atoms with van der Waals surface area (Å²) in [5.74, 6) is 0.446. The summed E-state index contributed by atoms with van der Waals surface area (Å²) in [6.07, 6.45) is 1.46. The van der Waals surface area contributed by atoms with Crippen LogP contribution in [0.2, 0.25) is 0 Å². The van der Waals surface area contributed by atoms with Gasteiger partial charge in [0.1, 0.15) is 18.1 Å². The Morgan fingerprint density at radius 3 is 2.39 bits per heavy atom. The molecule has 3 atom stereocenters. The fourth-order valence-electron chi connectivity index (χ4n) is 5.65. The lowest BCUT2D eigenvalue weighted by atomic mass is 9.71. The summed E-state index contributed by atoms with van der Waals surface area (Å²) in [5.41, 5.74) is 5.52. The third kappa shape index (κ3) is 6.07. The van der Waals surface area contributed by atoms with E-state index >= 15 is 0 Å². The molecule has 6 heteroatoms. The van der Waals surface area contributed by atoms with Crippen LogP contribution in [0.15, 0.2) is 101 Å². The summed E-state index contributed by atoms with van der Waals surface area (Å²) in [4.78, 5) is 27.7. The van der Waals surface area contributed by atoms with Gasteiger partial charge < -0.3 is 19.5 Å². The maximum atomic E-state index is 14.0. The molecular weight excluding hydrogens is 514 g/mol. The van der Waals surface area contributed by atoms with E-state index in [9.17, 15) is 9.59 Å². The van der Waals surface area contributed by atoms with E-state index in [0.29, 0.717) is 48.5 Å². The number of ketones is 1. The van der Waals surface area contributed by atoms with Crippen LogP contribution < -0.4 is 14.8 Å². The van der Waals surface area contributed by atoms with E-state index < -0.39 is 11.9 Å². The van der Waals surface area contributed by atoms with Crippen molar-refractivity contribution < 1.29 is 23.8 Å². The molecule has 6 nitrogen and oxygen atoms in total. The topological polar surface area (TPSA) is 73.9 Å². The van der Waals surface area contributed by atoms with Gasteiger partial charge in [-0.15, -0.1) is 0 Å². The van der Waals surface area contributed by atoms with Crippen molar-refractivity contribution in [3.63, 3.8) is 0 Å². The quantitative estimate of drug-likeness (QED) is 0.289. The molecule has 0 aromatic heterocycles. The third-order valence-corrected chi connectivity index (χ3v) is 7.99. The molecule has 1 N–H and O–H groups in total. The molecule has 1 aliphatic carbocycles. The molecule has 1 heterocycles. The van der Waals surface area contributed by atoms with E-state index in [0.717, 1.165) is 28.1 Å². The highest BCUT2D eigenvalue weighted by Gasteiger charge is 2.42. The first-order valence-corrected chi connectivity index (χ1v) is 14.2. The summed E-state index contributed by atoms with van der Waals surface area (Å²) >= 11 is 0. The zero-order valence-corrected chi connectivity index (χ0v) is 24.1. The molecule has 0 saturated carbocycles. The van der Waals surface area contributed by atoms with Crippen LogP contribution in [0, 0.1) is 0 Å². The van der Waals surface area contributed by atoms with Crippen LogP contribution in [0.5, 0.6) is 11.5 Å². The van der Waals surface area contributed by atoms with Gasteiger partial charge in [0.15, 0.2) is 5.78 Å². The van der Waals surface area contributed by atoms with Gasteiger partial charge in [-0.2, -0.15) is 0 Å². The Morgan fingerprint density at radius 1 is 0.976 bits per heavy atom. The minimum atomic E-state index is -0.598. The number of carbonyl (C=O) groups is 2. The van der Waals surface area contributed by atoms with E-state index in [1.165, 1.54) is 0 Å². The SMILES string of the molecule is CC[C@H](C)OC(=O)C1=C(C)NC2=C(C(=O)C[C@@H](c3ccc(OC)cc3)C2)[C@H]1c1ccccc1OCc1ccccc1. The molecule has 41 heavy (non-hydrogen) atoms. The van der Waals surface area contributed by atoms with Crippen molar-refractivity contribution in [2.24, 2.45) is 0 Å². The highest BCUT2D eigenvalue weighted by molar-refractivity contribution is 6.04. The molecule has 3 aromatic rings. The summed E-state index contributed by atoms with van der Waals surface area (Å²) in [6, 6.07) is 25.5. The Hall–Kier alpha value is -4.32. The second-order valence-corrected chi connectivity index (χ2v) is 10.7. The van der Waals surface area contributed by atoms with Crippen LogP contribution in [0.3, 0.4) is 0 Å². The number of methoxy groups -OCH3 is 1. The Bertz CT molecular complexity index is 1470. The molecule has 0 saturated heterocycles. The van der Waals surface area contributed by atoms with Crippen LogP contribution in [0.4, 0.5) is 0 Å². The summed E-state index contributed by atoms with van der Waals surface area (Å²) in [6.45, 7) is 6.12. The lowest BCUT2D eigenvalue weighted by molar-refractivity contribution is -0.144. The van der Waals surface area contributed by atoms with Crippen LogP contribution in [0.25, 0.3) is 0 Å².